The van der Waals surface area contributed by atoms with E-state index in [-0.39, 0.29) is 30.6 Å². The molecule has 0 aromatic carbocycles. The Morgan fingerprint density at radius 1 is 1.35 bits per heavy atom. The van der Waals surface area contributed by atoms with Gasteiger partial charge in [-0.3, -0.25) is 4.79 Å². The molecule has 20 heavy (non-hydrogen) atoms. The first-order valence-corrected chi connectivity index (χ1v) is 6.11. The van der Waals surface area contributed by atoms with Crippen molar-refractivity contribution < 1.29 is 23.5 Å². The first kappa shape index (κ1) is 16.2. The van der Waals surface area contributed by atoms with Crippen LogP contribution in [0.3, 0.4) is 0 Å². The number of nitrogens with zero attached hydrogens (tertiary/aromatic N) is 2. The van der Waals surface area contributed by atoms with E-state index < -0.39 is 11.5 Å². The summed E-state index contributed by atoms with van der Waals surface area (Å²) in [7, 11) is 2.72. The van der Waals surface area contributed by atoms with Crippen LogP contribution in [0.5, 0.6) is 0 Å². The van der Waals surface area contributed by atoms with Crippen LogP contribution >= 0.6 is 0 Å². The molecule has 112 valence electrons. The number of ether oxygens (including phenoxy) is 2. The Morgan fingerprint density at radius 2 is 2.00 bits per heavy atom. The van der Waals surface area contributed by atoms with Crippen LogP contribution < -0.4 is 0 Å². The van der Waals surface area contributed by atoms with Crippen LogP contribution in [0.2, 0.25) is 0 Å². The summed E-state index contributed by atoms with van der Waals surface area (Å²) < 4.78 is 14.6. The second-order valence-corrected chi connectivity index (χ2v) is 5.20. The molecule has 0 atom stereocenters. The number of methoxy groups -OCH3 is 2. The van der Waals surface area contributed by atoms with E-state index in [9.17, 15) is 9.59 Å². The molecule has 0 aliphatic rings. The predicted molar refractivity (Wildman–Crippen MR) is 70.0 cm³/mol. The largest absolute Gasteiger partial charge is 0.464 e. The van der Waals surface area contributed by atoms with Gasteiger partial charge in [0.2, 0.25) is 11.8 Å². The van der Waals surface area contributed by atoms with Gasteiger partial charge in [0, 0.05) is 12.6 Å². The number of aromatic nitrogens is 1. The van der Waals surface area contributed by atoms with Gasteiger partial charge in [0.25, 0.3) is 0 Å². The summed E-state index contributed by atoms with van der Waals surface area (Å²) in [6, 6.07) is 0. The van der Waals surface area contributed by atoms with Gasteiger partial charge in [0.05, 0.1) is 13.7 Å². The van der Waals surface area contributed by atoms with E-state index in [1.165, 1.54) is 20.5 Å². The fourth-order valence-corrected chi connectivity index (χ4v) is 1.62. The molecule has 0 saturated carbocycles. The van der Waals surface area contributed by atoms with Crippen molar-refractivity contribution in [1.82, 2.24) is 9.88 Å². The average molecular weight is 284 g/mol. The summed E-state index contributed by atoms with van der Waals surface area (Å²) >= 11 is 0. The highest BCUT2D eigenvalue weighted by molar-refractivity contribution is 5.86. The lowest BCUT2D eigenvalue weighted by Crippen LogP contribution is -2.46. The van der Waals surface area contributed by atoms with Crippen LogP contribution in [0.25, 0.3) is 0 Å². The molecule has 7 heteroatoms. The van der Waals surface area contributed by atoms with Crippen LogP contribution in [0.4, 0.5) is 0 Å². The third-order valence-electron chi connectivity index (χ3n) is 2.62. The molecular weight excluding hydrogens is 264 g/mol. The van der Waals surface area contributed by atoms with Gasteiger partial charge in [-0.15, -0.1) is 0 Å². The Morgan fingerprint density at radius 3 is 2.50 bits per heavy atom. The molecular formula is C13H20N2O5. The van der Waals surface area contributed by atoms with Gasteiger partial charge in [0.15, 0.2) is 5.69 Å². The van der Waals surface area contributed by atoms with Crippen molar-refractivity contribution in [3.8, 4) is 0 Å². The lowest BCUT2D eigenvalue weighted by molar-refractivity contribution is -0.141. The van der Waals surface area contributed by atoms with E-state index in [1.807, 2.05) is 20.8 Å². The molecule has 1 aromatic heterocycles. The first-order chi connectivity index (χ1) is 9.29. The fourth-order valence-electron chi connectivity index (χ4n) is 1.62. The van der Waals surface area contributed by atoms with Crippen molar-refractivity contribution in [2.45, 2.75) is 32.9 Å². The summed E-state index contributed by atoms with van der Waals surface area (Å²) in [4.78, 5) is 28.9. The highest BCUT2D eigenvalue weighted by atomic mass is 16.5. The van der Waals surface area contributed by atoms with Crippen molar-refractivity contribution in [2.24, 2.45) is 0 Å². The molecule has 1 aromatic rings. The monoisotopic (exact) mass is 284 g/mol. The Hall–Kier alpha value is -1.89. The minimum Gasteiger partial charge on any atom is -0.464 e. The molecule has 0 saturated heterocycles. The van der Waals surface area contributed by atoms with Crippen LogP contribution in [0.1, 0.15) is 37.2 Å². The van der Waals surface area contributed by atoms with E-state index in [0.29, 0.717) is 0 Å². The third kappa shape index (κ3) is 4.06. The van der Waals surface area contributed by atoms with Crippen LogP contribution in [-0.2, 0) is 20.8 Å². The number of carbonyl (C=O) groups excluding carboxylic acids is 2. The van der Waals surface area contributed by atoms with Crippen molar-refractivity contribution in [3.05, 3.63) is 17.8 Å². The smallest absolute Gasteiger partial charge is 0.360 e. The number of hydrogen-bond donors (Lipinski definition) is 0. The van der Waals surface area contributed by atoms with Crippen molar-refractivity contribution in [2.75, 3.05) is 20.8 Å². The van der Waals surface area contributed by atoms with Gasteiger partial charge < -0.3 is 18.8 Å². The Balaban J connectivity index is 2.87. The molecule has 0 fully saturated rings. The average Bonchev–Trinajstić information content (AvgIpc) is 2.82. The number of carbonyl (C=O) groups is 2. The molecule has 1 amide bonds. The number of amides is 1. The summed E-state index contributed by atoms with van der Waals surface area (Å²) in [6.07, 6.45) is 1.21. The molecule has 0 unspecified atom stereocenters. The Bertz CT molecular complexity index is 475. The minimum absolute atomic E-state index is 0.0260. The predicted octanol–water partition coefficient (Wildman–Crippen LogP) is 1.23. The Kier molecular flexibility index (Phi) is 5.26. The van der Waals surface area contributed by atoms with Crippen molar-refractivity contribution >= 4 is 11.9 Å². The highest BCUT2D eigenvalue weighted by Crippen LogP contribution is 2.17. The van der Waals surface area contributed by atoms with Crippen LogP contribution in [0, 0.1) is 0 Å². The molecule has 0 bridgehead atoms. The lowest BCUT2D eigenvalue weighted by atomic mass is 10.1. The van der Waals surface area contributed by atoms with E-state index in [0.717, 1.165) is 0 Å². The molecule has 0 spiro atoms. The molecule has 0 aliphatic heterocycles. The standard InChI is InChI=1S/C13H20N2O5/c1-13(2,3)15(11(16)8-18-4)6-10-14-9(7-20-10)12(17)19-5/h7H,6,8H2,1-5H3. The van der Waals surface area contributed by atoms with Gasteiger partial charge >= 0.3 is 5.97 Å². The highest BCUT2D eigenvalue weighted by Gasteiger charge is 2.28. The lowest BCUT2D eigenvalue weighted by Gasteiger charge is -2.34. The minimum atomic E-state index is -0.578. The van der Waals surface area contributed by atoms with E-state index >= 15 is 0 Å². The number of esters is 1. The zero-order valence-corrected chi connectivity index (χ0v) is 12.4. The van der Waals surface area contributed by atoms with E-state index in [2.05, 4.69) is 9.72 Å². The first-order valence-electron chi connectivity index (χ1n) is 6.11. The maximum absolute atomic E-state index is 12.0. The Labute approximate surface area is 117 Å². The van der Waals surface area contributed by atoms with Gasteiger partial charge in [-0.1, -0.05) is 0 Å². The summed E-state index contributed by atoms with van der Waals surface area (Å²) in [5.41, 5.74) is -0.342. The summed E-state index contributed by atoms with van der Waals surface area (Å²) in [6.45, 7) is 5.81. The van der Waals surface area contributed by atoms with Crippen LogP contribution in [0.15, 0.2) is 10.7 Å². The molecule has 0 N–H and O–H groups in total. The summed E-state index contributed by atoms with van der Waals surface area (Å²) in [5, 5.41) is 0. The fraction of sp³-hybridized carbons (Fsp3) is 0.615. The zero-order valence-electron chi connectivity index (χ0n) is 12.4. The second kappa shape index (κ2) is 6.51. The molecule has 0 radical (unpaired) electrons. The van der Waals surface area contributed by atoms with Gasteiger partial charge in [0.1, 0.15) is 12.9 Å². The van der Waals surface area contributed by atoms with Crippen LogP contribution in [-0.4, -0.2) is 48.1 Å². The SMILES string of the molecule is COCC(=O)N(Cc1nc(C(=O)OC)co1)C(C)(C)C. The molecule has 7 nitrogen and oxygen atoms in total. The molecule has 1 heterocycles. The quantitative estimate of drug-likeness (QED) is 0.756. The number of hydrogen-bond acceptors (Lipinski definition) is 6. The maximum atomic E-state index is 12.0. The summed E-state index contributed by atoms with van der Waals surface area (Å²) in [5.74, 6) is -0.492. The van der Waals surface area contributed by atoms with Gasteiger partial charge in [-0.2, -0.15) is 0 Å². The number of oxazole rings is 1. The number of rotatable bonds is 5. The maximum Gasteiger partial charge on any atom is 0.360 e. The topological polar surface area (TPSA) is 81.9 Å². The molecule has 0 aliphatic carbocycles. The van der Waals surface area contributed by atoms with Gasteiger partial charge in [-0.25, -0.2) is 9.78 Å². The van der Waals surface area contributed by atoms with E-state index in [4.69, 9.17) is 9.15 Å². The normalized spacial score (nSPS) is 11.2. The van der Waals surface area contributed by atoms with Crippen molar-refractivity contribution in [3.63, 3.8) is 0 Å². The second-order valence-electron chi connectivity index (χ2n) is 5.20. The van der Waals surface area contributed by atoms with Gasteiger partial charge in [-0.05, 0) is 20.8 Å². The van der Waals surface area contributed by atoms with E-state index in [1.54, 1.807) is 4.90 Å². The third-order valence-corrected chi connectivity index (χ3v) is 2.62. The van der Waals surface area contributed by atoms with Crippen molar-refractivity contribution in [1.29, 1.82) is 0 Å². The zero-order chi connectivity index (χ0) is 15.3. The molecule has 1 rings (SSSR count).